The zero-order chi connectivity index (χ0) is 18.7. The van der Waals surface area contributed by atoms with Gasteiger partial charge in [0.2, 0.25) is 5.91 Å². The number of likely N-dealkylation sites (N-methyl/N-ethyl adjacent to an activating group) is 1. The first-order chi connectivity index (χ1) is 13.2. The van der Waals surface area contributed by atoms with Gasteiger partial charge in [-0.3, -0.25) is 14.6 Å². The molecule has 0 radical (unpaired) electrons. The van der Waals surface area contributed by atoms with E-state index in [-0.39, 0.29) is 11.4 Å². The minimum absolute atomic E-state index is 0.258. The third-order valence-electron chi connectivity index (χ3n) is 6.99. The molecule has 3 aliphatic rings. The Kier molecular flexibility index (Phi) is 5.81. The molecule has 4 rings (SSSR count). The molecule has 0 saturated carbocycles. The van der Waals surface area contributed by atoms with Crippen molar-refractivity contribution in [3.05, 3.63) is 35.9 Å². The van der Waals surface area contributed by atoms with Gasteiger partial charge in [-0.25, -0.2) is 0 Å². The van der Waals surface area contributed by atoms with Crippen molar-refractivity contribution in [2.24, 2.45) is 0 Å². The van der Waals surface area contributed by atoms with Gasteiger partial charge in [-0.2, -0.15) is 0 Å². The predicted molar refractivity (Wildman–Crippen MR) is 109 cm³/mol. The van der Waals surface area contributed by atoms with Gasteiger partial charge in [-0.15, -0.1) is 0 Å². The number of nitrogens with zero attached hydrogens (tertiary/aromatic N) is 3. The SMILES string of the molecule is CN1CCCNC(=O)C12CCN(C[C@H]1CCCN1Cc1ccccc1)CC2. The van der Waals surface area contributed by atoms with Crippen LogP contribution in [0, 0.1) is 0 Å². The highest BCUT2D eigenvalue weighted by Gasteiger charge is 2.45. The van der Waals surface area contributed by atoms with Crippen LogP contribution < -0.4 is 5.32 Å². The molecule has 3 saturated heterocycles. The van der Waals surface area contributed by atoms with Gasteiger partial charge in [0.1, 0.15) is 5.54 Å². The summed E-state index contributed by atoms with van der Waals surface area (Å²) in [4.78, 5) is 20.3. The second-order valence-corrected chi connectivity index (χ2v) is 8.62. The van der Waals surface area contributed by atoms with E-state index < -0.39 is 0 Å². The normalized spacial score (nSPS) is 27.6. The van der Waals surface area contributed by atoms with E-state index in [1.54, 1.807) is 0 Å². The number of piperidine rings is 1. The first kappa shape index (κ1) is 18.9. The Bertz CT molecular complexity index is 626. The van der Waals surface area contributed by atoms with Crippen LogP contribution in [0.25, 0.3) is 0 Å². The number of nitrogens with one attached hydrogen (secondary N) is 1. The van der Waals surface area contributed by atoms with Crippen molar-refractivity contribution in [1.82, 2.24) is 20.0 Å². The lowest BCUT2D eigenvalue weighted by Crippen LogP contribution is -2.61. The molecule has 1 atom stereocenters. The molecule has 1 N–H and O–H groups in total. The van der Waals surface area contributed by atoms with Crippen molar-refractivity contribution < 1.29 is 4.79 Å². The zero-order valence-electron chi connectivity index (χ0n) is 16.7. The summed E-state index contributed by atoms with van der Waals surface area (Å²) in [6.07, 6.45) is 5.58. The van der Waals surface area contributed by atoms with Crippen LogP contribution in [-0.4, -0.2) is 78.5 Å². The van der Waals surface area contributed by atoms with E-state index in [2.05, 4.69) is 57.4 Å². The molecular weight excluding hydrogens is 336 g/mol. The van der Waals surface area contributed by atoms with Crippen LogP contribution in [0.1, 0.15) is 37.7 Å². The largest absolute Gasteiger partial charge is 0.354 e. The average molecular weight is 371 g/mol. The van der Waals surface area contributed by atoms with Crippen LogP contribution >= 0.6 is 0 Å². The Labute approximate surface area is 163 Å². The summed E-state index contributed by atoms with van der Waals surface area (Å²) in [6.45, 7) is 7.34. The Hall–Kier alpha value is -1.43. The summed E-state index contributed by atoms with van der Waals surface area (Å²) in [5.41, 5.74) is 1.14. The molecule has 1 amide bonds. The molecule has 5 heteroatoms. The van der Waals surface area contributed by atoms with Crippen LogP contribution in [0.3, 0.4) is 0 Å². The molecule has 3 aliphatic heterocycles. The second-order valence-electron chi connectivity index (χ2n) is 8.62. The number of hydrogen-bond acceptors (Lipinski definition) is 4. The average Bonchev–Trinajstić information content (AvgIpc) is 3.07. The molecule has 5 nitrogen and oxygen atoms in total. The molecule has 148 valence electrons. The van der Waals surface area contributed by atoms with Gasteiger partial charge in [0.25, 0.3) is 0 Å². The topological polar surface area (TPSA) is 38.8 Å². The van der Waals surface area contributed by atoms with Crippen LogP contribution in [-0.2, 0) is 11.3 Å². The van der Waals surface area contributed by atoms with E-state index in [4.69, 9.17) is 0 Å². The molecule has 0 bridgehead atoms. The van der Waals surface area contributed by atoms with Crippen LogP contribution in [0.4, 0.5) is 0 Å². The number of benzene rings is 1. The summed E-state index contributed by atoms with van der Waals surface area (Å²) in [7, 11) is 2.14. The van der Waals surface area contributed by atoms with Gasteiger partial charge in [-0.05, 0) is 51.3 Å². The number of rotatable bonds is 4. The zero-order valence-corrected chi connectivity index (χ0v) is 16.7. The monoisotopic (exact) mass is 370 g/mol. The minimum atomic E-state index is -0.271. The lowest BCUT2D eigenvalue weighted by molar-refractivity contribution is -0.134. The molecule has 27 heavy (non-hydrogen) atoms. The van der Waals surface area contributed by atoms with Gasteiger partial charge < -0.3 is 10.2 Å². The van der Waals surface area contributed by atoms with Crippen molar-refractivity contribution in [2.45, 2.75) is 50.2 Å². The van der Waals surface area contributed by atoms with Gasteiger partial charge >= 0.3 is 0 Å². The Balaban J connectivity index is 1.34. The Morgan fingerprint density at radius 1 is 1.07 bits per heavy atom. The maximum Gasteiger partial charge on any atom is 0.240 e. The lowest BCUT2D eigenvalue weighted by Gasteiger charge is -2.45. The van der Waals surface area contributed by atoms with Crippen molar-refractivity contribution in [3.63, 3.8) is 0 Å². The first-order valence-corrected chi connectivity index (χ1v) is 10.7. The molecule has 0 aromatic heterocycles. The van der Waals surface area contributed by atoms with E-state index in [1.807, 2.05) is 0 Å². The summed E-state index contributed by atoms with van der Waals surface area (Å²) >= 11 is 0. The van der Waals surface area contributed by atoms with E-state index >= 15 is 0 Å². The van der Waals surface area contributed by atoms with Crippen LogP contribution in [0.15, 0.2) is 30.3 Å². The standard InChI is InChI=1S/C22H34N4O/c1-24-13-6-12-23-21(27)22(24)10-15-25(16-11-22)18-20-9-5-14-26(20)17-19-7-3-2-4-8-19/h2-4,7-8,20H,5-6,9-18H2,1H3,(H,23,27)/t20-/m1/s1. The van der Waals surface area contributed by atoms with Crippen LogP contribution in [0.2, 0.25) is 0 Å². The van der Waals surface area contributed by atoms with Gasteiger partial charge in [0.15, 0.2) is 0 Å². The summed E-state index contributed by atoms with van der Waals surface area (Å²) in [6, 6.07) is 11.5. The summed E-state index contributed by atoms with van der Waals surface area (Å²) in [5.74, 6) is 0.258. The molecule has 1 spiro atoms. The molecular formula is C22H34N4O. The smallest absolute Gasteiger partial charge is 0.240 e. The van der Waals surface area contributed by atoms with Crippen molar-refractivity contribution in [3.8, 4) is 0 Å². The lowest BCUT2D eigenvalue weighted by atomic mass is 9.85. The second kappa shape index (κ2) is 8.29. The molecule has 0 unspecified atom stereocenters. The Morgan fingerprint density at radius 3 is 2.63 bits per heavy atom. The number of carbonyl (C=O) groups excluding carboxylic acids is 1. The highest BCUT2D eigenvalue weighted by atomic mass is 16.2. The fraction of sp³-hybridized carbons (Fsp3) is 0.682. The van der Waals surface area contributed by atoms with Gasteiger partial charge in [0.05, 0.1) is 0 Å². The van der Waals surface area contributed by atoms with Crippen molar-refractivity contribution in [2.75, 3.05) is 46.3 Å². The molecule has 1 aromatic rings. The fourth-order valence-electron chi connectivity index (χ4n) is 5.21. The molecule has 0 aliphatic carbocycles. The van der Waals surface area contributed by atoms with E-state index in [1.165, 1.54) is 24.9 Å². The summed E-state index contributed by atoms with van der Waals surface area (Å²) < 4.78 is 0. The highest BCUT2D eigenvalue weighted by molar-refractivity contribution is 5.86. The maximum atomic E-state index is 12.7. The highest BCUT2D eigenvalue weighted by Crippen LogP contribution is 2.31. The maximum absolute atomic E-state index is 12.7. The molecule has 3 fully saturated rings. The van der Waals surface area contributed by atoms with Crippen molar-refractivity contribution in [1.29, 1.82) is 0 Å². The molecule has 3 heterocycles. The van der Waals surface area contributed by atoms with E-state index in [0.29, 0.717) is 6.04 Å². The number of likely N-dealkylation sites (tertiary alicyclic amines) is 2. The van der Waals surface area contributed by atoms with Crippen molar-refractivity contribution >= 4 is 5.91 Å². The number of carbonyl (C=O) groups is 1. The quantitative estimate of drug-likeness (QED) is 0.879. The van der Waals surface area contributed by atoms with Gasteiger partial charge in [-0.1, -0.05) is 30.3 Å². The van der Waals surface area contributed by atoms with Crippen LogP contribution in [0.5, 0.6) is 0 Å². The minimum Gasteiger partial charge on any atom is -0.354 e. The Morgan fingerprint density at radius 2 is 1.85 bits per heavy atom. The third kappa shape index (κ3) is 4.05. The van der Waals surface area contributed by atoms with E-state index in [0.717, 1.165) is 58.5 Å². The first-order valence-electron chi connectivity index (χ1n) is 10.7. The van der Waals surface area contributed by atoms with Gasteiger partial charge in [0, 0.05) is 45.3 Å². The number of hydrogen-bond donors (Lipinski definition) is 1. The number of amides is 1. The fourth-order valence-corrected chi connectivity index (χ4v) is 5.21. The molecule has 1 aromatic carbocycles. The third-order valence-corrected chi connectivity index (χ3v) is 6.99. The van der Waals surface area contributed by atoms with E-state index in [9.17, 15) is 4.79 Å². The summed E-state index contributed by atoms with van der Waals surface area (Å²) in [5, 5.41) is 3.15. The predicted octanol–water partition coefficient (Wildman–Crippen LogP) is 1.94.